The first-order chi connectivity index (χ1) is 13.1. The van der Waals surface area contributed by atoms with Gasteiger partial charge < -0.3 is 9.64 Å². The fourth-order valence-electron chi connectivity index (χ4n) is 3.90. The second-order valence-electron chi connectivity index (χ2n) is 7.04. The van der Waals surface area contributed by atoms with Crippen molar-refractivity contribution in [1.29, 1.82) is 0 Å². The van der Waals surface area contributed by atoms with Crippen LogP contribution in [0.25, 0.3) is 11.1 Å². The highest BCUT2D eigenvalue weighted by atomic mass is 35.5. The van der Waals surface area contributed by atoms with Crippen molar-refractivity contribution >= 4 is 17.4 Å². The van der Waals surface area contributed by atoms with E-state index in [0.29, 0.717) is 13.2 Å². The van der Waals surface area contributed by atoms with E-state index in [1.165, 1.54) is 5.56 Å². The van der Waals surface area contributed by atoms with E-state index in [4.69, 9.17) is 21.3 Å². The number of nitrogens with zero attached hydrogens (tertiary/aromatic N) is 6. The van der Waals surface area contributed by atoms with Crippen LogP contribution in [-0.4, -0.2) is 31.3 Å². The van der Waals surface area contributed by atoms with Crippen LogP contribution in [0.4, 0.5) is 5.82 Å². The Kier molecular flexibility index (Phi) is 3.87. The molecule has 0 aromatic carbocycles. The molecule has 2 aliphatic rings. The molecule has 0 amide bonds. The number of ether oxygens (including phenoxy) is 1. The standard InChI is InChI=1S/C19H19ClN6O/c1-11-14(8-25(2)24-11)12-5-13-7-26(4-3-16(13)21-6-12)18-15-9-27-10-17(15)22-19(20)23-18/h5-6,8H,3-4,7,9-10H2,1-2H3. The first-order valence-corrected chi connectivity index (χ1v) is 9.32. The zero-order chi connectivity index (χ0) is 18.5. The number of anilines is 1. The molecule has 0 N–H and O–H groups in total. The molecule has 138 valence electrons. The molecule has 2 aliphatic heterocycles. The summed E-state index contributed by atoms with van der Waals surface area (Å²) >= 11 is 6.15. The molecule has 0 spiro atoms. The molecule has 5 rings (SSSR count). The molecule has 0 saturated heterocycles. The van der Waals surface area contributed by atoms with Gasteiger partial charge in [-0.25, -0.2) is 9.97 Å². The van der Waals surface area contributed by atoms with E-state index < -0.39 is 0 Å². The summed E-state index contributed by atoms with van der Waals surface area (Å²) in [5.74, 6) is 0.885. The third-order valence-electron chi connectivity index (χ3n) is 5.19. The minimum atomic E-state index is 0.276. The van der Waals surface area contributed by atoms with Gasteiger partial charge in [-0.3, -0.25) is 9.67 Å². The molecule has 0 bridgehead atoms. The first-order valence-electron chi connectivity index (χ1n) is 8.95. The molecule has 0 aliphatic carbocycles. The van der Waals surface area contributed by atoms with E-state index in [1.807, 2.05) is 31.0 Å². The molecule has 3 aromatic rings. The van der Waals surface area contributed by atoms with Crippen LogP contribution in [0, 0.1) is 6.92 Å². The smallest absolute Gasteiger partial charge is 0.224 e. The van der Waals surface area contributed by atoms with Crippen molar-refractivity contribution in [3.63, 3.8) is 0 Å². The third-order valence-corrected chi connectivity index (χ3v) is 5.36. The molecule has 0 saturated carbocycles. The molecule has 0 atom stereocenters. The van der Waals surface area contributed by atoms with Gasteiger partial charge >= 0.3 is 0 Å². The van der Waals surface area contributed by atoms with E-state index in [2.05, 4.69) is 26.0 Å². The quantitative estimate of drug-likeness (QED) is 0.635. The maximum atomic E-state index is 6.15. The van der Waals surface area contributed by atoms with Crippen LogP contribution in [0.2, 0.25) is 5.28 Å². The molecule has 3 aromatic heterocycles. The SMILES string of the molecule is Cc1nn(C)cc1-c1cnc2c(c1)CN(c1nc(Cl)nc3c1COC3)CC2. The number of hydrogen-bond acceptors (Lipinski definition) is 6. The summed E-state index contributed by atoms with van der Waals surface area (Å²) in [6, 6.07) is 2.22. The van der Waals surface area contributed by atoms with Crippen LogP contribution in [0.5, 0.6) is 0 Å². The summed E-state index contributed by atoms with van der Waals surface area (Å²) in [5.41, 5.74) is 7.52. The minimum Gasteiger partial charge on any atom is -0.370 e. The molecular weight excluding hydrogens is 364 g/mol. The van der Waals surface area contributed by atoms with Crippen molar-refractivity contribution in [2.75, 3.05) is 11.4 Å². The number of halogens is 1. The van der Waals surface area contributed by atoms with Crippen molar-refractivity contribution in [1.82, 2.24) is 24.7 Å². The van der Waals surface area contributed by atoms with Gasteiger partial charge in [0, 0.05) is 61.3 Å². The second kappa shape index (κ2) is 6.28. The predicted molar refractivity (Wildman–Crippen MR) is 101 cm³/mol. The maximum Gasteiger partial charge on any atom is 0.224 e. The van der Waals surface area contributed by atoms with Gasteiger partial charge in [0.15, 0.2) is 0 Å². The predicted octanol–water partition coefficient (Wildman–Crippen LogP) is 2.83. The minimum absolute atomic E-state index is 0.276. The van der Waals surface area contributed by atoms with Crippen LogP contribution in [0.3, 0.4) is 0 Å². The summed E-state index contributed by atoms with van der Waals surface area (Å²) in [6.45, 7) is 4.66. The Balaban J connectivity index is 1.51. The largest absolute Gasteiger partial charge is 0.370 e. The second-order valence-corrected chi connectivity index (χ2v) is 7.38. The normalized spacial score (nSPS) is 15.7. The number of pyridine rings is 1. The van der Waals surface area contributed by atoms with Crippen LogP contribution >= 0.6 is 11.6 Å². The van der Waals surface area contributed by atoms with Gasteiger partial charge in [-0.2, -0.15) is 5.10 Å². The number of hydrogen-bond donors (Lipinski definition) is 0. The van der Waals surface area contributed by atoms with Gasteiger partial charge in [-0.05, 0) is 30.2 Å². The fraction of sp³-hybridized carbons (Fsp3) is 0.368. The van der Waals surface area contributed by atoms with Gasteiger partial charge in [0.2, 0.25) is 5.28 Å². The summed E-state index contributed by atoms with van der Waals surface area (Å²) in [6.07, 6.45) is 4.86. The van der Waals surface area contributed by atoms with Crippen LogP contribution in [0.15, 0.2) is 18.5 Å². The van der Waals surface area contributed by atoms with Crippen molar-refractivity contribution in [3.8, 4) is 11.1 Å². The molecule has 27 heavy (non-hydrogen) atoms. The molecular formula is C19H19ClN6O. The zero-order valence-corrected chi connectivity index (χ0v) is 16.0. The molecule has 0 radical (unpaired) electrons. The fourth-order valence-corrected chi connectivity index (χ4v) is 4.09. The Hall–Kier alpha value is -2.51. The summed E-state index contributed by atoms with van der Waals surface area (Å²) < 4.78 is 7.39. The Morgan fingerprint density at radius 1 is 1.19 bits per heavy atom. The van der Waals surface area contributed by atoms with Gasteiger partial charge in [0.25, 0.3) is 0 Å². The summed E-state index contributed by atoms with van der Waals surface area (Å²) in [7, 11) is 1.94. The Morgan fingerprint density at radius 3 is 2.89 bits per heavy atom. The number of aryl methyl sites for hydroxylation is 2. The van der Waals surface area contributed by atoms with E-state index in [9.17, 15) is 0 Å². The van der Waals surface area contributed by atoms with Crippen molar-refractivity contribution in [2.24, 2.45) is 7.05 Å². The highest BCUT2D eigenvalue weighted by molar-refractivity contribution is 6.28. The summed E-state index contributed by atoms with van der Waals surface area (Å²) in [5, 5.41) is 4.72. The lowest BCUT2D eigenvalue weighted by atomic mass is 10.0. The Morgan fingerprint density at radius 2 is 2.07 bits per heavy atom. The lowest BCUT2D eigenvalue weighted by Gasteiger charge is -2.30. The summed E-state index contributed by atoms with van der Waals surface area (Å²) in [4.78, 5) is 15.8. The Bertz CT molecular complexity index is 1050. The van der Waals surface area contributed by atoms with Crippen LogP contribution in [0.1, 0.15) is 28.2 Å². The van der Waals surface area contributed by atoms with E-state index in [-0.39, 0.29) is 5.28 Å². The van der Waals surface area contributed by atoms with Crippen LogP contribution < -0.4 is 4.90 Å². The van der Waals surface area contributed by atoms with Crippen LogP contribution in [-0.2, 0) is 38.0 Å². The van der Waals surface area contributed by atoms with Gasteiger partial charge in [-0.1, -0.05) is 0 Å². The lowest BCUT2D eigenvalue weighted by molar-refractivity contribution is 0.133. The number of aromatic nitrogens is 5. The maximum absolute atomic E-state index is 6.15. The van der Waals surface area contributed by atoms with Gasteiger partial charge in [0.1, 0.15) is 5.82 Å². The zero-order valence-electron chi connectivity index (χ0n) is 15.2. The van der Waals surface area contributed by atoms with Gasteiger partial charge in [-0.15, -0.1) is 0 Å². The topological polar surface area (TPSA) is 69.0 Å². The highest BCUT2D eigenvalue weighted by Gasteiger charge is 2.26. The molecule has 0 unspecified atom stereocenters. The first kappa shape index (κ1) is 16.6. The molecule has 5 heterocycles. The van der Waals surface area contributed by atoms with E-state index in [1.54, 1.807) is 0 Å². The molecule has 8 heteroatoms. The average Bonchev–Trinajstić information content (AvgIpc) is 3.25. The lowest BCUT2D eigenvalue weighted by Crippen LogP contribution is -2.32. The number of fused-ring (bicyclic) bond motifs is 2. The van der Waals surface area contributed by atoms with Crippen molar-refractivity contribution < 1.29 is 4.74 Å². The highest BCUT2D eigenvalue weighted by Crippen LogP contribution is 2.32. The third kappa shape index (κ3) is 2.87. The van der Waals surface area contributed by atoms with E-state index in [0.717, 1.165) is 59.1 Å². The molecule has 7 nitrogen and oxygen atoms in total. The van der Waals surface area contributed by atoms with Crippen molar-refractivity contribution in [3.05, 3.63) is 52.0 Å². The van der Waals surface area contributed by atoms with Crippen molar-refractivity contribution in [2.45, 2.75) is 33.1 Å². The van der Waals surface area contributed by atoms with E-state index >= 15 is 0 Å². The number of rotatable bonds is 2. The monoisotopic (exact) mass is 382 g/mol. The average molecular weight is 383 g/mol. The Labute approximate surface area is 162 Å². The molecule has 0 fully saturated rings. The van der Waals surface area contributed by atoms with Gasteiger partial charge in [0.05, 0.1) is 24.6 Å².